The van der Waals surface area contributed by atoms with Crippen molar-refractivity contribution in [2.75, 3.05) is 26.2 Å². The number of hydrogen-bond donors (Lipinski definition) is 0. The maximum atomic E-state index is 10.7. The Kier molecular flexibility index (Phi) is 20.8. The maximum absolute atomic E-state index is 10.7. The van der Waals surface area contributed by atoms with Crippen molar-refractivity contribution in [2.45, 2.75) is 86.0 Å². The van der Waals surface area contributed by atoms with Crippen LogP contribution in [0.1, 0.15) is 90.9 Å². The third-order valence-corrected chi connectivity index (χ3v) is 7.49. The molecule has 184 valence electrons. The van der Waals surface area contributed by atoms with E-state index < -0.39 is 9.05 Å². The van der Waals surface area contributed by atoms with Crippen LogP contribution in [0.15, 0.2) is 17.5 Å². The van der Waals surface area contributed by atoms with E-state index in [2.05, 4.69) is 27.7 Å². The van der Waals surface area contributed by atoms with Gasteiger partial charge in [-0.2, -0.15) is 0 Å². The summed E-state index contributed by atoms with van der Waals surface area (Å²) >= 11 is 7.00. The van der Waals surface area contributed by atoms with E-state index in [1.54, 1.807) is 19.1 Å². The number of hydrogen-bond acceptors (Lipinski definition) is 3. The SMILES string of the molecule is CC(=CS(=O)(=O)Cl)c1ccc(Cl)s1.CCCC[N+](CCCC)(CCCC)CCCC.[I-]. The Morgan fingerprint density at radius 1 is 0.903 bits per heavy atom. The Morgan fingerprint density at radius 2 is 1.29 bits per heavy atom. The number of rotatable bonds is 14. The van der Waals surface area contributed by atoms with Crippen LogP contribution in [0.2, 0.25) is 4.34 Å². The smallest absolute Gasteiger partial charge is 0.254 e. The fraction of sp³-hybridized carbons (Fsp3) is 0.739. The molecule has 0 amide bonds. The van der Waals surface area contributed by atoms with E-state index in [1.807, 2.05) is 0 Å². The molecule has 0 spiro atoms. The number of quaternary nitrogens is 1. The minimum atomic E-state index is -3.59. The number of nitrogens with zero attached hydrogens (tertiary/aromatic N) is 1. The van der Waals surface area contributed by atoms with Gasteiger partial charge in [-0.25, -0.2) is 8.42 Å². The molecular weight excluding hydrogens is 584 g/mol. The maximum Gasteiger partial charge on any atom is 0.254 e. The molecule has 0 N–H and O–H groups in total. The van der Waals surface area contributed by atoms with Crippen LogP contribution >= 0.6 is 33.6 Å². The summed E-state index contributed by atoms with van der Waals surface area (Å²) in [4.78, 5) is 0.800. The van der Waals surface area contributed by atoms with Crippen molar-refractivity contribution in [3.8, 4) is 0 Å². The second-order valence-electron chi connectivity index (χ2n) is 8.03. The average molecular weight is 627 g/mol. The van der Waals surface area contributed by atoms with Crippen molar-refractivity contribution < 1.29 is 36.9 Å². The lowest BCUT2D eigenvalue weighted by Gasteiger charge is -2.39. The van der Waals surface area contributed by atoms with Gasteiger partial charge in [-0.15, -0.1) is 11.3 Å². The van der Waals surface area contributed by atoms with Gasteiger partial charge in [0.25, 0.3) is 9.05 Å². The van der Waals surface area contributed by atoms with Gasteiger partial charge in [0.15, 0.2) is 0 Å². The first kappa shape index (κ1) is 33.8. The van der Waals surface area contributed by atoms with E-state index in [1.165, 1.54) is 93.4 Å². The van der Waals surface area contributed by atoms with Gasteiger partial charge in [0.05, 0.1) is 35.9 Å². The molecule has 0 aliphatic carbocycles. The molecular formula is C23H42Cl2INO2S2. The first-order valence-corrected chi connectivity index (χ1v) is 14.9. The van der Waals surface area contributed by atoms with Crippen LogP contribution in [0.5, 0.6) is 0 Å². The zero-order valence-corrected chi connectivity index (χ0v) is 25.2. The third-order valence-electron chi connectivity index (χ3n) is 5.22. The molecule has 0 aliphatic rings. The molecule has 0 radical (unpaired) electrons. The largest absolute Gasteiger partial charge is 1.00 e. The fourth-order valence-corrected chi connectivity index (χ4v) is 5.48. The monoisotopic (exact) mass is 625 g/mol. The fourth-order valence-electron chi connectivity index (χ4n) is 3.44. The summed E-state index contributed by atoms with van der Waals surface area (Å²) in [5.41, 5.74) is 0.590. The third kappa shape index (κ3) is 16.9. The first-order valence-electron chi connectivity index (χ1n) is 11.4. The van der Waals surface area contributed by atoms with Gasteiger partial charge in [-0.1, -0.05) is 65.0 Å². The topological polar surface area (TPSA) is 34.1 Å². The van der Waals surface area contributed by atoms with Gasteiger partial charge in [-0.05, 0) is 50.3 Å². The highest BCUT2D eigenvalue weighted by molar-refractivity contribution is 8.16. The molecule has 1 heterocycles. The van der Waals surface area contributed by atoms with E-state index in [4.69, 9.17) is 22.3 Å². The van der Waals surface area contributed by atoms with Crippen molar-refractivity contribution in [3.05, 3.63) is 26.8 Å². The van der Waals surface area contributed by atoms with Gasteiger partial charge in [0.2, 0.25) is 0 Å². The van der Waals surface area contributed by atoms with E-state index in [0.29, 0.717) is 9.91 Å². The Morgan fingerprint density at radius 3 is 1.55 bits per heavy atom. The predicted molar refractivity (Wildman–Crippen MR) is 137 cm³/mol. The minimum Gasteiger partial charge on any atom is -1.00 e. The molecule has 0 aromatic carbocycles. The molecule has 0 atom stereocenters. The van der Waals surface area contributed by atoms with E-state index in [9.17, 15) is 8.42 Å². The number of halogens is 3. The molecule has 1 aromatic rings. The molecule has 31 heavy (non-hydrogen) atoms. The zero-order chi connectivity index (χ0) is 23.0. The summed E-state index contributed by atoms with van der Waals surface area (Å²) in [5.74, 6) is 0. The van der Waals surface area contributed by atoms with Gasteiger partial charge in [0, 0.05) is 15.6 Å². The van der Waals surface area contributed by atoms with Crippen LogP contribution in [0.25, 0.3) is 5.57 Å². The predicted octanol–water partition coefficient (Wildman–Crippen LogP) is 5.34. The number of thiophene rings is 1. The summed E-state index contributed by atoms with van der Waals surface area (Å²) in [6, 6.07) is 3.46. The van der Waals surface area contributed by atoms with Crippen LogP contribution in [-0.4, -0.2) is 39.1 Å². The molecule has 0 saturated carbocycles. The molecule has 0 saturated heterocycles. The summed E-state index contributed by atoms with van der Waals surface area (Å²) in [5, 5.41) is 1.01. The number of unbranched alkanes of at least 4 members (excludes halogenated alkanes) is 4. The Hall–Kier alpha value is 0.660. The van der Waals surface area contributed by atoms with E-state index >= 15 is 0 Å². The molecule has 3 nitrogen and oxygen atoms in total. The van der Waals surface area contributed by atoms with Crippen molar-refractivity contribution >= 4 is 48.2 Å². The molecule has 0 fully saturated rings. The summed E-state index contributed by atoms with van der Waals surface area (Å²) in [6.07, 6.45) is 11.1. The van der Waals surface area contributed by atoms with Crippen LogP contribution < -0.4 is 24.0 Å². The van der Waals surface area contributed by atoms with Gasteiger partial charge >= 0.3 is 0 Å². The lowest BCUT2D eigenvalue weighted by molar-refractivity contribution is -0.929. The normalized spacial score (nSPS) is 12.2. The Balaban J connectivity index is 0. The van der Waals surface area contributed by atoms with Gasteiger partial charge < -0.3 is 28.5 Å². The molecule has 1 aromatic heterocycles. The van der Waals surface area contributed by atoms with E-state index in [0.717, 1.165) is 10.3 Å². The molecule has 0 aliphatic heterocycles. The van der Waals surface area contributed by atoms with Crippen LogP contribution in [0.4, 0.5) is 0 Å². The highest BCUT2D eigenvalue weighted by atomic mass is 127. The van der Waals surface area contributed by atoms with Crippen LogP contribution in [0.3, 0.4) is 0 Å². The van der Waals surface area contributed by atoms with Crippen molar-refractivity contribution in [1.82, 2.24) is 0 Å². The molecule has 0 bridgehead atoms. The molecule has 1 rings (SSSR count). The molecule has 0 unspecified atom stereocenters. The zero-order valence-electron chi connectivity index (χ0n) is 19.9. The van der Waals surface area contributed by atoms with Crippen molar-refractivity contribution in [1.29, 1.82) is 0 Å². The highest BCUT2D eigenvalue weighted by Crippen LogP contribution is 2.28. The second kappa shape index (κ2) is 19.0. The Bertz CT molecular complexity index is 669. The lowest BCUT2D eigenvalue weighted by atomic mass is 10.1. The summed E-state index contributed by atoms with van der Waals surface area (Å²) in [6.45, 7) is 16.7. The minimum absolute atomic E-state index is 0. The summed E-state index contributed by atoms with van der Waals surface area (Å²) in [7, 11) is 1.46. The van der Waals surface area contributed by atoms with E-state index in [-0.39, 0.29) is 24.0 Å². The quantitative estimate of drug-likeness (QED) is 0.159. The average Bonchev–Trinajstić information content (AvgIpc) is 3.13. The standard InChI is InChI=1S/C16H36N.C7H6Cl2O2S2.HI/c1-5-9-13-17(14-10-6-2,15-11-7-3)16-12-8-4;1-5(4-13(9,10)11)6-2-3-7(8)12-6;/h5-16H2,1-4H3;2-4H,1H3;1H/q+1;;/p-1. The first-order chi connectivity index (χ1) is 14.1. The Labute approximate surface area is 222 Å². The highest BCUT2D eigenvalue weighted by Gasteiger charge is 2.24. The number of allylic oxidation sites excluding steroid dienone is 1. The van der Waals surface area contributed by atoms with Gasteiger partial charge in [0.1, 0.15) is 0 Å². The van der Waals surface area contributed by atoms with Crippen LogP contribution in [0, 0.1) is 0 Å². The van der Waals surface area contributed by atoms with Gasteiger partial charge in [-0.3, -0.25) is 0 Å². The molecule has 8 heteroatoms. The second-order valence-corrected chi connectivity index (χ2v) is 12.2. The van der Waals surface area contributed by atoms with Crippen molar-refractivity contribution in [3.63, 3.8) is 0 Å². The van der Waals surface area contributed by atoms with Crippen molar-refractivity contribution in [2.24, 2.45) is 0 Å². The summed E-state index contributed by atoms with van der Waals surface area (Å²) < 4.78 is 23.4. The van der Waals surface area contributed by atoms with Crippen LogP contribution in [-0.2, 0) is 9.05 Å². The lowest BCUT2D eigenvalue weighted by Crippen LogP contribution is -3.00.